The number of nitrogens with one attached hydrogen (secondary N) is 1. The predicted octanol–water partition coefficient (Wildman–Crippen LogP) is -0.180. The van der Waals surface area contributed by atoms with Gasteiger partial charge in [0, 0.05) is 0 Å². The minimum absolute atomic E-state index is 0.246. The van der Waals surface area contributed by atoms with Crippen LogP contribution in [0.15, 0.2) is 24.3 Å². The van der Waals surface area contributed by atoms with Crippen molar-refractivity contribution in [2.45, 2.75) is 0 Å². The Balaban J connectivity index is 2.70. The smallest absolute Gasteiger partial charge is 0.253 e. The highest BCUT2D eigenvalue weighted by Crippen LogP contribution is 2.14. The van der Waals surface area contributed by atoms with Gasteiger partial charge in [0.2, 0.25) is 0 Å². The normalized spacial score (nSPS) is 9.50. The Kier molecular flexibility index (Phi) is 3.48. The number of amides is 1. The molecule has 4 nitrogen and oxygen atoms in total. The van der Waals surface area contributed by atoms with E-state index in [1.165, 1.54) is 6.07 Å². The summed E-state index contributed by atoms with van der Waals surface area (Å²) in [5.74, 6) is -1.87. The summed E-state index contributed by atoms with van der Waals surface area (Å²) < 4.78 is 0. The van der Waals surface area contributed by atoms with E-state index < -0.39 is 18.4 Å². The van der Waals surface area contributed by atoms with Crippen molar-refractivity contribution in [1.29, 1.82) is 0 Å². The van der Waals surface area contributed by atoms with Gasteiger partial charge in [-0.05, 0) is 12.1 Å². The molecule has 0 spiro atoms. The van der Waals surface area contributed by atoms with Crippen LogP contribution in [0.4, 0.5) is 0 Å². The zero-order valence-corrected chi connectivity index (χ0v) is 7.88. The van der Waals surface area contributed by atoms with Crippen molar-refractivity contribution in [1.82, 2.24) is 5.32 Å². The van der Waals surface area contributed by atoms with Crippen LogP contribution >= 0.6 is 11.6 Å². The fourth-order valence-corrected chi connectivity index (χ4v) is 1.11. The van der Waals surface area contributed by atoms with Crippen LogP contribution in [0.5, 0.6) is 0 Å². The van der Waals surface area contributed by atoms with Gasteiger partial charge in [-0.3, -0.25) is 4.79 Å². The van der Waals surface area contributed by atoms with Gasteiger partial charge in [0.15, 0.2) is 0 Å². The Morgan fingerprint density at radius 1 is 1.36 bits per heavy atom. The van der Waals surface area contributed by atoms with Crippen LogP contribution in [0.2, 0.25) is 5.02 Å². The number of hydrogen-bond acceptors (Lipinski definition) is 3. The van der Waals surface area contributed by atoms with Gasteiger partial charge in [-0.25, -0.2) is 0 Å². The van der Waals surface area contributed by atoms with E-state index >= 15 is 0 Å². The SMILES string of the molecule is O=C([O-])CNC(=O)c1ccccc1Cl. The molecule has 1 N–H and O–H groups in total. The first kappa shape index (κ1) is 10.5. The summed E-state index contributed by atoms with van der Waals surface area (Å²) in [5, 5.41) is 12.5. The van der Waals surface area contributed by atoms with Crippen LogP contribution in [-0.2, 0) is 4.79 Å². The summed E-state index contributed by atoms with van der Waals surface area (Å²) >= 11 is 5.71. The number of halogens is 1. The highest BCUT2D eigenvalue weighted by atomic mass is 35.5. The van der Waals surface area contributed by atoms with Crippen molar-refractivity contribution in [3.8, 4) is 0 Å². The van der Waals surface area contributed by atoms with E-state index in [1.807, 2.05) is 0 Å². The molecular formula is C9H7ClNO3-. The summed E-state index contributed by atoms with van der Waals surface area (Å²) in [4.78, 5) is 21.3. The Bertz CT molecular complexity index is 365. The predicted molar refractivity (Wildman–Crippen MR) is 48.8 cm³/mol. The molecule has 1 amide bonds. The second-order valence-electron chi connectivity index (χ2n) is 2.53. The summed E-state index contributed by atoms with van der Waals surface area (Å²) in [6.45, 7) is -0.524. The molecule has 74 valence electrons. The molecule has 1 aromatic carbocycles. The first-order chi connectivity index (χ1) is 6.61. The highest BCUT2D eigenvalue weighted by Gasteiger charge is 2.07. The van der Waals surface area contributed by atoms with Gasteiger partial charge < -0.3 is 15.2 Å². The van der Waals surface area contributed by atoms with Crippen molar-refractivity contribution in [2.75, 3.05) is 6.54 Å². The van der Waals surface area contributed by atoms with Crippen molar-refractivity contribution >= 4 is 23.5 Å². The molecule has 0 atom stereocenters. The average Bonchev–Trinajstić information content (AvgIpc) is 2.15. The third-order valence-corrected chi connectivity index (χ3v) is 1.84. The number of carbonyl (C=O) groups excluding carboxylic acids is 2. The molecule has 0 bridgehead atoms. The van der Waals surface area contributed by atoms with Gasteiger partial charge >= 0.3 is 0 Å². The maximum absolute atomic E-state index is 11.3. The van der Waals surface area contributed by atoms with Crippen molar-refractivity contribution in [3.05, 3.63) is 34.9 Å². The molecule has 0 aliphatic rings. The number of hydrogen-bond donors (Lipinski definition) is 1. The lowest BCUT2D eigenvalue weighted by molar-refractivity contribution is -0.303. The van der Waals surface area contributed by atoms with Crippen LogP contribution in [-0.4, -0.2) is 18.4 Å². The Hall–Kier alpha value is -1.55. The summed E-state index contributed by atoms with van der Waals surface area (Å²) in [6, 6.07) is 6.38. The monoisotopic (exact) mass is 212 g/mol. The van der Waals surface area contributed by atoms with E-state index in [-0.39, 0.29) is 10.6 Å². The lowest BCUT2D eigenvalue weighted by Crippen LogP contribution is -2.37. The number of carboxylic acids is 1. The molecule has 0 aliphatic carbocycles. The van der Waals surface area contributed by atoms with Gasteiger partial charge in [0.05, 0.1) is 23.1 Å². The summed E-state index contributed by atoms with van der Waals surface area (Å²) in [5.41, 5.74) is 0.246. The average molecular weight is 213 g/mol. The maximum atomic E-state index is 11.3. The number of aliphatic carboxylic acids is 1. The van der Waals surface area contributed by atoms with Crippen molar-refractivity contribution in [3.63, 3.8) is 0 Å². The molecule has 5 heteroatoms. The van der Waals surface area contributed by atoms with Gasteiger partial charge in [-0.1, -0.05) is 23.7 Å². The van der Waals surface area contributed by atoms with E-state index in [1.54, 1.807) is 18.2 Å². The lowest BCUT2D eigenvalue weighted by atomic mass is 10.2. The second-order valence-corrected chi connectivity index (χ2v) is 2.94. The topological polar surface area (TPSA) is 69.2 Å². The Morgan fingerprint density at radius 2 is 2.00 bits per heavy atom. The number of rotatable bonds is 3. The van der Waals surface area contributed by atoms with E-state index in [2.05, 4.69) is 5.32 Å². The van der Waals surface area contributed by atoms with E-state index in [4.69, 9.17) is 11.6 Å². The number of carboxylic acid groups (broad SMARTS) is 1. The molecule has 0 fully saturated rings. The van der Waals surface area contributed by atoms with Crippen LogP contribution < -0.4 is 10.4 Å². The van der Waals surface area contributed by atoms with E-state index in [0.29, 0.717) is 0 Å². The minimum Gasteiger partial charge on any atom is -0.548 e. The Labute approximate surface area is 85.5 Å². The standard InChI is InChI=1S/C9H8ClNO3/c10-7-4-2-1-3-6(7)9(14)11-5-8(12)13/h1-4H,5H2,(H,11,14)(H,12,13)/p-1. The molecule has 0 aromatic heterocycles. The highest BCUT2D eigenvalue weighted by molar-refractivity contribution is 6.33. The number of carbonyl (C=O) groups is 2. The minimum atomic E-state index is -1.34. The molecule has 0 radical (unpaired) electrons. The first-order valence-corrected chi connectivity index (χ1v) is 4.21. The molecule has 14 heavy (non-hydrogen) atoms. The van der Waals surface area contributed by atoms with E-state index in [9.17, 15) is 14.7 Å². The molecule has 0 aliphatic heterocycles. The van der Waals surface area contributed by atoms with Crippen molar-refractivity contribution in [2.24, 2.45) is 0 Å². The molecule has 1 rings (SSSR count). The molecule has 0 unspecified atom stereocenters. The van der Waals surface area contributed by atoms with Gasteiger partial charge in [-0.15, -0.1) is 0 Å². The van der Waals surface area contributed by atoms with Gasteiger partial charge in [0.25, 0.3) is 5.91 Å². The molecular weight excluding hydrogens is 206 g/mol. The lowest BCUT2D eigenvalue weighted by Gasteiger charge is -2.06. The summed E-state index contributed by atoms with van der Waals surface area (Å²) in [6.07, 6.45) is 0. The van der Waals surface area contributed by atoms with Crippen LogP contribution in [0.25, 0.3) is 0 Å². The van der Waals surface area contributed by atoms with Crippen LogP contribution in [0.1, 0.15) is 10.4 Å². The Morgan fingerprint density at radius 3 is 2.57 bits per heavy atom. The van der Waals surface area contributed by atoms with Crippen LogP contribution in [0.3, 0.4) is 0 Å². The maximum Gasteiger partial charge on any atom is 0.253 e. The molecule has 0 saturated carbocycles. The fourth-order valence-electron chi connectivity index (χ4n) is 0.893. The number of benzene rings is 1. The van der Waals surface area contributed by atoms with Gasteiger partial charge in [0.1, 0.15) is 0 Å². The first-order valence-electron chi connectivity index (χ1n) is 3.84. The second kappa shape index (κ2) is 4.62. The summed E-state index contributed by atoms with van der Waals surface area (Å²) in [7, 11) is 0. The quantitative estimate of drug-likeness (QED) is 0.756. The zero-order chi connectivity index (χ0) is 10.6. The zero-order valence-electron chi connectivity index (χ0n) is 7.12. The van der Waals surface area contributed by atoms with Gasteiger partial charge in [-0.2, -0.15) is 0 Å². The fraction of sp³-hybridized carbons (Fsp3) is 0.111. The van der Waals surface area contributed by atoms with Crippen LogP contribution in [0, 0.1) is 0 Å². The largest absolute Gasteiger partial charge is 0.548 e. The molecule has 0 heterocycles. The third-order valence-electron chi connectivity index (χ3n) is 1.51. The third kappa shape index (κ3) is 2.74. The molecule has 0 saturated heterocycles. The molecule has 1 aromatic rings. The van der Waals surface area contributed by atoms with E-state index in [0.717, 1.165) is 0 Å². The van der Waals surface area contributed by atoms with Crippen molar-refractivity contribution < 1.29 is 14.7 Å².